The van der Waals surface area contributed by atoms with E-state index in [1.54, 1.807) is 0 Å². The minimum absolute atomic E-state index is 0.135. The van der Waals surface area contributed by atoms with Crippen molar-refractivity contribution in [1.29, 1.82) is 0 Å². The number of benzene rings is 1. The van der Waals surface area contributed by atoms with E-state index >= 15 is 0 Å². The molecule has 0 unspecified atom stereocenters. The van der Waals surface area contributed by atoms with Gasteiger partial charge in [0.1, 0.15) is 17.1 Å². The number of aliphatic hydroxyl groups is 1. The monoisotopic (exact) mass is 293 g/mol. The first-order valence-electron chi connectivity index (χ1n) is 7.47. The average Bonchev–Trinajstić information content (AvgIpc) is 2.46. The molecule has 0 bridgehead atoms. The molecule has 2 rings (SSSR count). The van der Waals surface area contributed by atoms with Crippen LogP contribution >= 0.6 is 0 Å². The molecule has 1 aliphatic rings. The van der Waals surface area contributed by atoms with Gasteiger partial charge >= 0.3 is 0 Å². The van der Waals surface area contributed by atoms with Gasteiger partial charge in [0.25, 0.3) is 5.91 Å². The molecule has 116 valence electrons. The average molecular weight is 293 g/mol. The number of hydrogen-bond donors (Lipinski definition) is 4. The van der Waals surface area contributed by atoms with Gasteiger partial charge in [-0.25, -0.2) is 0 Å². The first kappa shape index (κ1) is 15.6. The van der Waals surface area contributed by atoms with Crippen LogP contribution in [0.1, 0.15) is 49.4 Å². The van der Waals surface area contributed by atoms with Crippen LogP contribution in [0.25, 0.3) is 0 Å². The maximum Gasteiger partial charge on any atom is 0.258 e. The van der Waals surface area contributed by atoms with E-state index in [1.165, 1.54) is 18.2 Å². The summed E-state index contributed by atoms with van der Waals surface area (Å²) in [4.78, 5) is 12.0. The van der Waals surface area contributed by atoms with E-state index in [4.69, 9.17) is 0 Å². The summed E-state index contributed by atoms with van der Waals surface area (Å²) >= 11 is 0. The zero-order chi connectivity index (χ0) is 15.5. The van der Waals surface area contributed by atoms with Crippen molar-refractivity contribution in [1.82, 2.24) is 5.32 Å². The van der Waals surface area contributed by atoms with E-state index < -0.39 is 11.5 Å². The first-order chi connectivity index (χ1) is 9.95. The van der Waals surface area contributed by atoms with Gasteiger partial charge in [-0.1, -0.05) is 19.4 Å². The van der Waals surface area contributed by atoms with Crippen LogP contribution in [-0.2, 0) is 0 Å². The van der Waals surface area contributed by atoms with Gasteiger partial charge in [-0.3, -0.25) is 4.79 Å². The van der Waals surface area contributed by atoms with E-state index in [0.29, 0.717) is 18.8 Å². The fourth-order valence-electron chi connectivity index (χ4n) is 2.89. The van der Waals surface area contributed by atoms with Crippen molar-refractivity contribution >= 4 is 5.91 Å². The van der Waals surface area contributed by atoms with E-state index in [-0.39, 0.29) is 23.6 Å². The minimum atomic E-state index is -0.888. The quantitative estimate of drug-likeness (QED) is 0.685. The fourth-order valence-corrected chi connectivity index (χ4v) is 2.89. The second-order valence-electron chi connectivity index (χ2n) is 5.93. The van der Waals surface area contributed by atoms with Crippen LogP contribution in [0.2, 0.25) is 0 Å². The van der Waals surface area contributed by atoms with Crippen LogP contribution in [-0.4, -0.2) is 33.4 Å². The third-order valence-electron chi connectivity index (χ3n) is 4.44. The molecule has 21 heavy (non-hydrogen) atoms. The van der Waals surface area contributed by atoms with Crippen molar-refractivity contribution in [2.24, 2.45) is 5.92 Å². The van der Waals surface area contributed by atoms with Gasteiger partial charge in [-0.2, -0.15) is 0 Å². The molecule has 0 aliphatic heterocycles. The smallest absolute Gasteiger partial charge is 0.258 e. The number of rotatable bonds is 4. The van der Waals surface area contributed by atoms with Crippen molar-refractivity contribution in [2.45, 2.75) is 44.6 Å². The highest BCUT2D eigenvalue weighted by molar-refractivity contribution is 5.99. The number of nitrogens with one attached hydrogen (secondary N) is 1. The van der Waals surface area contributed by atoms with Crippen molar-refractivity contribution in [3.05, 3.63) is 23.8 Å². The van der Waals surface area contributed by atoms with Crippen molar-refractivity contribution in [2.75, 3.05) is 6.54 Å². The summed E-state index contributed by atoms with van der Waals surface area (Å²) in [6.07, 6.45) is 4.38. The standard InChI is InChI=1S/C16H23NO4/c1-2-11-6-8-16(21,9-7-11)10-17-15(20)14-12(18)4-3-5-13(14)19/h3-5,11,18-19,21H,2,6-10H2,1H3,(H,17,20). The number of phenols is 2. The Morgan fingerprint density at radius 1 is 1.29 bits per heavy atom. The molecular formula is C16H23NO4. The Balaban J connectivity index is 1.95. The van der Waals surface area contributed by atoms with Crippen LogP contribution in [0, 0.1) is 5.92 Å². The molecule has 0 atom stereocenters. The number of carbonyl (C=O) groups excluding carboxylic acids is 1. The van der Waals surface area contributed by atoms with Crippen molar-refractivity contribution in [3.8, 4) is 11.5 Å². The topological polar surface area (TPSA) is 89.8 Å². The van der Waals surface area contributed by atoms with Gasteiger partial charge in [0, 0.05) is 6.54 Å². The Labute approximate surface area is 124 Å². The third kappa shape index (κ3) is 3.67. The van der Waals surface area contributed by atoms with Crippen LogP contribution in [0.3, 0.4) is 0 Å². The molecule has 0 radical (unpaired) electrons. The van der Waals surface area contributed by atoms with Crippen LogP contribution in [0.4, 0.5) is 0 Å². The Hall–Kier alpha value is -1.75. The summed E-state index contributed by atoms with van der Waals surface area (Å²) in [6, 6.07) is 4.15. The highest BCUT2D eigenvalue weighted by Crippen LogP contribution is 2.33. The van der Waals surface area contributed by atoms with E-state index in [2.05, 4.69) is 12.2 Å². The minimum Gasteiger partial charge on any atom is -0.507 e. The number of amides is 1. The molecule has 0 saturated heterocycles. The van der Waals surface area contributed by atoms with Gasteiger partial charge in [-0.15, -0.1) is 0 Å². The summed E-state index contributed by atoms with van der Waals surface area (Å²) in [5.41, 5.74) is -1.04. The normalized spacial score (nSPS) is 25.5. The Kier molecular flexibility index (Phi) is 4.73. The highest BCUT2D eigenvalue weighted by Gasteiger charge is 2.33. The maximum atomic E-state index is 12.0. The summed E-state index contributed by atoms with van der Waals surface area (Å²) in [5, 5.41) is 32.4. The lowest BCUT2D eigenvalue weighted by atomic mass is 9.78. The number of carbonyl (C=O) groups is 1. The zero-order valence-electron chi connectivity index (χ0n) is 12.3. The molecule has 4 N–H and O–H groups in total. The summed E-state index contributed by atoms with van der Waals surface area (Å²) in [7, 11) is 0. The van der Waals surface area contributed by atoms with E-state index in [9.17, 15) is 20.1 Å². The number of aromatic hydroxyl groups is 2. The summed E-state index contributed by atoms with van der Waals surface area (Å²) < 4.78 is 0. The van der Waals surface area contributed by atoms with E-state index in [0.717, 1.165) is 19.3 Å². The molecule has 0 aromatic heterocycles. The molecule has 5 heteroatoms. The largest absolute Gasteiger partial charge is 0.507 e. The fraction of sp³-hybridized carbons (Fsp3) is 0.562. The lowest BCUT2D eigenvalue weighted by Gasteiger charge is -2.35. The van der Waals surface area contributed by atoms with Crippen LogP contribution in [0.15, 0.2) is 18.2 Å². The van der Waals surface area contributed by atoms with Gasteiger partial charge in [0.05, 0.1) is 5.60 Å². The predicted octanol–water partition coefficient (Wildman–Crippen LogP) is 2.16. The molecule has 1 fully saturated rings. The Morgan fingerprint density at radius 2 is 1.86 bits per heavy atom. The zero-order valence-corrected chi connectivity index (χ0v) is 12.3. The predicted molar refractivity (Wildman–Crippen MR) is 79.3 cm³/mol. The van der Waals surface area contributed by atoms with Crippen molar-refractivity contribution < 1.29 is 20.1 Å². The molecular weight excluding hydrogens is 270 g/mol. The Morgan fingerprint density at radius 3 is 2.38 bits per heavy atom. The van der Waals surface area contributed by atoms with Crippen molar-refractivity contribution in [3.63, 3.8) is 0 Å². The summed E-state index contributed by atoms with van der Waals surface area (Å²) in [6.45, 7) is 2.29. The third-order valence-corrected chi connectivity index (χ3v) is 4.44. The van der Waals surface area contributed by atoms with Crippen LogP contribution in [0.5, 0.6) is 11.5 Å². The van der Waals surface area contributed by atoms with E-state index in [1.807, 2.05) is 0 Å². The molecule has 1 aromatic carbocycles. The summed E-state index contributed by atoms with van der Waals surface area (Å²) in [5.74, 6) is -0.455. The number of hydrogen-bond acceptors (Lipinski definition) is 4. The van der Waals surface area contributed by atoms with Gasteiger partial charge in [0.15, 0.2) is 0 Å². The molecule has 5 nitrogen and oxygen atoms in total. The molecule has 1 saturated carbocycles. The molecule has 1 aromatic rings. The molecule has 1 aliphatic carbocycles. The van der Waals surface area contributed by atoms with Crippen LogP contribution < -0.4 is 5.32 Å². The maximum absolute atomic E-state index is 12.0. The lowest BCUT2D eigenvalue weighted by Crippen LogP contribution is -2.45. The highest BCUT2D eigenvalue weighted by atomic mass is 16.3. The van der Waals surface area contributed by atoms with Gasteiger partial charge in [-0.05, 0) is 43.7 Å². The first-order valence-corrected chi connectivity index (χ1v) is 7.47. The second-order valence-corrected chi connectivity index (χ2v) is 5.93. The molecule has 0 heterocycles. The van der Waals surface area contributed by atoms with Gasteiger partial charge in [0.2, 0.25) is 0 Å². The molecule has 1 amide bonds. The molecule has 0 spiro atoms. The Bertz CT molecular complexity index is 487. The lowest BCUT2D eigenvalue weighted by molar-refractivity contribution is -0.00791. The second kappa shape index (κ2) is 6.35. The SMILES string of the molecule is CCC1CCC(O)(CNC(=O)c2c(O)cccc2O)CC1. The van der Waals surface area contributed by atoms with Gasteiger partial charge < -0.3 is 20.6 Å². The number of phenolic OH excluding ortho intramolecular Hbond substituents is 2.